The van der Waals surface area contributed by atoms with Crippen LogP contribution in [-0.4, -0.2) is 16.3 Å². The lowest BCUT2D eigenvalue weighted by molar-refractivity contribution is 0.112. The molecule has 0 aliphatic heterocycles. The molecule has 0 fully saturated rings. The van der Waals surface area contributed by atoms with E-state index in [4.69, 9.17) is 4.74 Å². The average Bonchev–Trinajstić information content (AvgIpc) is 2.38. The molecule has 0 bridgehead atoms. The number of nitrogens with zero attached hydrogens (tertiary/aromatic N) is 2. The summed E-state index contributed by atoms with van der Waals surface area (Å²) in [5.74, 6) is 1.21. The molecule has 0 amide bonds. The molecule has 0 unspecified atom stereocenters. The summed E-state index contributed by atoms with van der Waals surface area (Å²) >= 11 is 6.72. The normalized spacial score (nSPS) is 10.1. The number of carbonyl (C=O) groups excluding carboxylic acids is 1. The molecule has 2 rings (SSSR count). The molecule has 1 aromatic heterocycles. The van der Waals surface area contributed by atoms with Gasteiger partial charge >= 0.3 is 0 Å². The van der Waals surface area contributed by atoms with E-state index in [9.17, 15) is 4.79 Å². The molecule has 1 heterocycles. The molecule has 18 heavy (non-hydrogen) atoms. The summed E-state index contributed by atoms with van der Waals surface area (Å²) in [6.07, 6.45) is 4.09. The molecule has 6 heteroatoms. The Hall–Kier alpha value is -1.27. The topological polar surface area (TPSA) is 52.1 Å². The first-order chi connectivity index (χ1) is 8.70. The first-order valence-corrected chi connectivity index (χ1v) is 6.62. The lowest BCUT2D eigenvalue weighted by Crippen LogP contribution is -2.01. The van der Waals surface area contributed by atoms with Crippen molar-refractivity contribution in [3.63, 3.8) is 0 Å². The summed E-state index contributed by atoms with van der Waals surface area (Å²) < 4.78 is 7.03. The van der Waals surface area contributed by atoms with Gasteiger partial charge in [-0.3, -0.25) is 4.79 Å². The molecule has 0 saturated heterocycles. The maximum absolute atomic E-state index is 10.7. The number of carbonyl (C=O) groups is 1. The Morgan fingerprint density at radius 2 is 1.78 bits per heavy atom. The molecule has 4 nitrogen and oxygen atoms in total. The summed E-state index contributed by atoms with van der Waals surface area (Å²) in [4.78, 5) is 18.8. The van der Waals surface area contributed by atoms with Crippen LogP contribution in [0.2, 0.25) is 0 Å². The van der Waals surface area contributed by atoms with Crippen molar-refractivity contribution in [2.75, 3.05) is 0 Å². The fourth-order valence-electron chi connectivity index (χ4n) is 1.33. The van der Waals surface area contributed by atoms with Crippen molar-refractivity contribution in [2.24, 2.45) is 0 Å². The Balaban J connectivity index is 2.17. The maximum Gasteiger partial charge on any atom is 0.166 e. The van der Waals surface area contributed by atoms with Gasteiger partial charge in [0.05, 0.1) is 8.95 Å². The Bertz CT molecular complexity index is 538. The van der Waals surface area contributed by atoms with Gasteiger partial charge in [0.25, 0.3) is 0 Å². The van der Waals surface area contributed by atoms with Crippen molar-refractivity contribution < 1.29 is 9.53 Å². The Morgan fingerprint density at radius 1 is 1.17 bits per heavy atom. The Kier molecular flexibility index (Phi) is 4.43. The van der Waals surface area contributed by atoms with Crippen molar-refractivity contribution in [1.29, 1.82) is 0 Å². The second-order valence-corrected chi connectivity index (χ2v) is 5.09. The zero-order chi connectivity index (χ0) is 13.0. The van der Waals surface area contributed by atoms with Crippen molar-refractivity contribution in [3.05, 3.63) is 50.9 Å². The molecule has 2 aromatic rings. The van der Waals surface area contributed by atoms with Crippen LogP contribution < -0.4 is 4.74 Å². The van der Waals surface area contributed by atoms with Crippen LogP contribution in [0, 0.1) is 0 Å². The van der Waals surface area contributed by atoms with Crippen LogP contribution in [0.4, 0.5) is 0 Å². The van der Waals surface area contributed by atoms with E-state index >= 15 is 0 Å². The summed E-state index contributed by atoms with van der Waals surface area (Å²) in [7, 11) is 0. The molecule has 0 aliphatic rings. The fraction of sp³-hybridized carbons (Fsp3) is 0.0833. The third-order valence-corrected chi connectivity index (χ3v) is 3.30. The summed E-state index contributed by atoms with van der Waals surface area (Å²) in [5.41, 5.74) is 0.567. The Morgan fingerprint density at radius 3 is 2.33 bits per heavy atom. The van der Waals surface area contributed by atoms with Gasteiger partial charge in [-0.1, -0.05) is 0 Å². The van der Waals surface area contributed by atoms with Crippen molar-refractivity contribution in [1.82, 2.24) is 9.97 Å². The van der Waals surface area contributed by atoms with Crippen LogP contribution >= 0.6 is 31.9 Å². The van der Waals surface area contributed by atoms with Crippen molar-refractivity contribution in [3.8, 4) is 5.75 Å². The van der Waals surface area contributed by atoms with Crippen molar-refractivity contribution >= 4 is 38.1 Å². The molecular weight excluding hydrogens is 364 g/mol. The van der Waals surface area contributed by atoms with E-state index in [0.29, 0.717) is 26.1 Å². The number of rotatable bonds is 4. The number of benzene rings is 1. The lowest BCUT2D eigenvalue weighted by atomic mass is 10.2. The summed E-state index contributed by atoms with van der Waals surface area (Å²) in [6, 6.07) is 5.13. The monoisotopic (exact) mass is 370 g/mol. The minimum absolute atomic E-state index is 0.262. The van der Waals surface area contributed by atoms with Crippen LogP contribution in [-0.2, 0) is 6.61 Å². The highest BCUT2D eigenvalue weighted by Crippen LogP contribution is 2.34. The molecule has 0 spiro atoms. The van der Waals surface area contributed by atoms with Crippen LogP contribution in [0.15, 0.2) is 39.5 Å². The lowest BCUT2D eigenvalue weighted by Gasteiger charge is -2.10. The molecule has 0 radical (unpaired) electrons. The third-order valence-electron chi connectivity index (χ3n) is 2.12. The van der Waals surface area contributed by atoms with Gasteiger partial charge in [0, 0.05) is 18.0 Å². The van der Waals surface area contributed by atoms with E-state index in [1.165, 1.54) is 0 Å². The fourth-order valence-corrected chi connectivity index (χ4v) is 2.78. The van der Waals surface area contributed by atoms with Crippen LogP contribution in [0.3, 0.4) is 0 Å². The van der Waals surface area contributed by atoms with Gasteiger partial charge in [-0.2, -0.15) is 0 Å². The second kappa shape index (κ2) is 6.06. The number of aromatic nitrogens is 2. The number of halogens is 2. The minimum Gasteiger partial charge on any atom is -0.483 e. The molecule has 0 atom stereocenters. The van der Waals surface area contributed by atoms with E-state index in [-0.39, 0.29) is 6.61 Å². The van der Waals surface area contributed by atoms with Gasteiger partial charge in [0.15, 0.2) is 5.82 Å². The van der Waals surface area contributed by atoms with E-state index in [1.807, 2.05) is 0 Å². The molecule has 92 valence electrons. The molecule has 0 saturated carbocycles. The van der Waals surface area contributed by atoms with Crippen molar-refractivity contribution in [2.45, 2.75) is 6.61 Å². The zero-order valence-electron chi connectivity index (χ0n) is 9.14. The van der Waals surface area contributed by atoms with Crippen LogP contribution in [0.25, 0.3) is 0 Å². The summed E-state index contributed by atoms with van der Waals surface area (Å²) in [5, 5.41) is 0. The molecule has 0 aliphatic carbocycles. The zero-order valence-corrected chi connectivity index (χ0v) is 12.3. The van der Waals surface area contributed by atoms with E-state index in [2.05, 4.69) is 41.8 Å². The smallest absolute Gasteiger partial charge is 0.166 e. The molecule has 0 N–H and O–H groups in total. The SMILES string of the molecule is O=Cc1cc(Br)c(OCc2ncccn2)c(Br)c1. The molecule has 1 aromatic carbocycles. The highest BCUT2D eigenvalue weighted by atomic mass is 79.9. The van der Waals surface area contributed by atoms with Gasteiger partial charge in [0.1, 0.15) is 18.6 Å². The maximum atomic E-state index is 10.7. The second-order valence-electron chi connectivity index (χ2n) is 3.39. The van der Waals surface area contributed by atoms with Gasteiger partial charge < -0.3 is 4.74 Å². The first kappa shape index (κ1) is 13.2. The minimum atomic E-state index is 0.262. The number of hydrogen-bond acceptors (Lipinski definition) is 4. The van der Waals surface area contributed by atoms with Gasteiger partial charge in [-0.25, -0.2) is 9.97 Å². The predicted octanol–water partition coefficient (Wildman–Crippen LogP) is 3.39. The first-order valence-electron chi connectivity index (χ1n) is 5.03. The standard InChI is InChI=1S/C12H8Br2N2O2/c13-9-4-8(6-17)5-10(14)12(9)18-7-11-15-2-1-3-16-11/h1-6H,7H2. The number of aldehydes is 1. The van der Waals surface area contributed by atoms with Gasteiger partial charge in [0.2, 0.25) is 0 Å². The highest BCUT2D eigenvalue weighted by Gasteiger charge is 2.09. The summed E-state index contributed by atoms with van der Waals surface area (Å²) in [6.45, 7) is 0.262. The Labute approximate surface area is 121 Å². The van der Waals surface area contributed by atoms with Crippen LogP contribution in [0.5, 0.6) is 5.75 Å². The quantitative estimate of drug-likeness (QED) is 0.773. The predicted molar refractivity (Wildman–Crippen MR) is 73.6 cm³/mol. The number of hydrogen-bond donors (Lipinski definition) is 0. The van der Waals surface area contributed by atoms with Gasteiger partial charge in [-0.05, 0) is 50.1 Å². The molecular formula is C12H8Br2N2O2. The average molecular weight is 372 g/mol. The largest absolute Gasteiger partial charge is 0.483 e. The third kappa shape index (κ3) is 3.14. The highest BCUT2D eigenvalue weighted by molar-refractivity contribution is 9.11. The van der Waals surface area contributed by atoms with Gasteiger partial charge in [-0.15, -0.1) is 0 Å². The van der Waals surface area contributed by atoms with E-state index in [0.717, 1.165) is 6.29 Å². The van der Waals surface area contributed by atoms with E-state index < -0.39 is 0 Å². The van der Waals surface area contributed by atoms with E-state index in [1.54, 1.807) is 30.6 Å². The number of ether oxygens (including phenoxy) is 1. The van der Waals surface area contributed by atoms with Crippen LogP contribution in [0.1, 0.15) is 16.2 Å².